The highest BCUT2D eigenvalue weighted by Crippen LogP contribution is 2.13. The van der Waals surface area contributed by atoms with Crippen LogP contribution in [0, 0.1) is 0 Å². The van der Waals surface area contributed by atoms with Crippen molar-refractivity contribution < 1.29 is 9.90 Å². The number of carbonyl (C=O) groups is 1. The summed E-state index contributed by atoms with van der Waals surface area (Å²) >= 11 is 1.05. The number of hydrogen-bond donors (Lipinski definition) is 1. The Labute approximate surface area is 103 Å². The lowest BCUT2D eigenvalue weighted by molar-refractivity contribution is -0.133. The van der Waals surface area contributed by atoms with Crippen molar-refractivity contribution in [3.05, 3.63) is 22.6 Å². The number of thioether (sulfide) groups is 1. The normalized spacial score (nSPS) is 10.8. The summed E-state index contributed by atoms with van der Waals surface area (Å²) in [6, 6.07) is 1.38. The Kier molecular flexibility index (Phi) is 5.17. The third-order valence-corrected chi connectivity index (χ3v) is 2.94. The van der Waals surface area contributed by atoms with Crippen molar-refractivity contribution in [3.8, 4) is 0 Å². The molecule has 0 bridgehead atoms. The van der Waals surface area contributed by atoms with Gasteiger partial charge in [0.15, 0.2) is 5.16 Å². The van der Waals surface area contributed by atoms with Crippen LogP contribution >= 0.6 is 11.8 Å². The first kappa shape index (κ1) is 13.7. The maximum atomic E-state index is 11.1. The average Bonchev–Trinajstić information content (AvgIpc) is 2.24. The van der Waals surface area contributed by atoms with E-state index in [9.17, 15) is 9.59 Å². The number of carboxylic acid groups (broad SMARTS) is 1. The molecule has 94 valence electrons. The zero-order chi connectivity index (χ0) is 12.8. The second-order valence-corrected chi connectivity index (χ2v) is 4.67. The predicted molar refractivity (Wildman–Crippen MR) is 65.4 cm³/mol. The molecule has 0 aliphatic heterocycles. The van der Waals surface area contributed by atoms with E-state index in [-0.39, 0.29) is 11.3 Å². The van der Waals surface area contributed by atoms with E-state index in [4.69, 9.17) is 5.11 Å². The second-order valence-electron chi connectivity index (χ2n) is 3.73. The van der Waals surface area contributed by atoms with Gasteiger partial charge in [0, 0.05) is 25.4 Å². The average molecular weight is 257 g/mol. The molecule has 1 heterocycles. The monoisotopic (exact) mass is 257 g/mol. The van der Waals surface area contributed by atoms with Crippen LogP contribution in [0.25, 0.3) is 0 Å². The molecule has 0 amide bonds. The summed E-state index contributed by atoms with van der Waals surface area (Å²) < 4.78 is 1.79. The summed E-state index contributed by atoms with van der Waals surface area (Å²) in [5, 5.41) is 9.05. The third kappa shape index (κ3) is 5.01. The van der Waals surface area contributed by atoms with Crippen LogP contribution in [0.3, 0.4) is 0 Å². The van der Waals surface area contributed by atoms with Gasteiger partial charge in [-0.1, -0.05) is 11.8 Å². The predicted octanol–water partition coefficient (Wildman–Crippen LogP) is -0.0184. The number of nitrogens with zero attached hydrogens (tertiary/aromatic N) is 3. The van der Waals surface area contributed by atoms with E-state index in [0.717, 1.165) is 18.3 Å². The SMILES string of the molecule is CN(C)CCn1ccc(=O)nc1SCC(=O)O. The van der Waals surface area contributed by atoms with Gasteiger partial charge in [-0.2, -0.15) is 4.98 Å². The van der Waals surface area contributed by atoms with Crippen LogP contribution in [0.2, 0.25) is 0 Å². The second kappa shape index (κ2) is 6.41. The van der Waals surface area contributed by atoms with E-state index in [1.807, 2.05) is 19.0 Å². The van der Waals surface area contributed by atoms with Gasteiger partial charge in [-0.15, -0.1) is 0 Å². The topological polar surface area (TPSA) is 75.4 Å². The number of hydrogen-bond acceptors (Lipinski definition) is 5. The quantitative estimate of drug-likeness (QED) is 0.570. The molecular formula is C10H15N3O3S. The molecule has 1 aromatic rings. The minimum absolute atomic E-state index is 0.0988. The van der Waals surface area contributed by atoms with Crippen LogP contribution in [-0.2, 0) is 11.3 Å². The summed E-state index contributed by atoms with van der Waals surface area (Å²) in [4.78, 5) is 27.4. The highest BCUT2D eigenvalue weighted by atomic mass is 32.2. The van der Waals surface area contributed by atoms with Crippen LogP contribution in [0.4, 0.5) is 0 Å². The Bertz CT molecular complexity index is 445. The Morgan fingerprint density at radius 1 is 1.59 bits per heavy atom. The van der Waals surface area contributed by atoms with E-state index >= 15 is 0 Å². The van der Waals surface area contributed by atoms with Crippen molar-refractivity contribution >= 4 is 17.7 Å². The maximum absolute atomic E-state index is 11.1. The smallest absolute Gasteiger partial charge is 0.313 e. The summed E-state index contributed by atoms with van der Waals surface area (Å²) in [5.74, 6) is -1.02. The van der Waals surface area contributed by atoms with Crippen molar-refractivity contribution in [2.45, 2.75) is 11.7 Å². The van der Waals surface area contributed by atoms with E-state index < -0.39 is 5.97 Å². The molecule has 1 rings (SSSR count). The van der Waals surface area contributed by atoms with Gasteiger partial charge in [0.25, 0.3) is 5.56 Å². The molecule has 0 radical (unpaired) electrons. The van der Waals surface area contributed by atoms with E-state index in [2.05, 4.69) is 4.98 Å². The van der Waals surface area contributed by atoms with Crippen LogP contribution in [-0.4, -0.2) is 51.9 Å². The van der Waals surface area contributed by atoms with Crippen molar-refractivity contribution in [1.29, 1.82) is 0 Å². The lowest BCUT2D eigenvalue weighted by Gasteiger charge is -2.14. The Morgan fingerprint density at radius 3 is 2.88 bits per heavy atom. The number of aliphatic carboxylic acids is 1. The number of aromatic nitrogens is 2. The van der Waals surface area contributed by atoms with E-state index in [0.29, 0.717) is 11.7 Å². The molecule has 0 aliphatic carbocycles. The van der Waals surface area contributed by atoms with Crippen LogP contribution in [0.15, 0.2) is 22.2 Å². The van der Waals surface area contributed by atoms with Gasteiger partial charge < -0.3 is 14.6 Å². The van der Waals surface area contributed by atoms with Crippen molar-refractivity contribution in [3.63, 3.8) is 0 Å². The van der Waals surface area contributed by atoms with E-state index in [1.54, 1.807) is 10.8 Å². The molecule has 0 fully saturated rings. The lowest BCUT2D eigenvalue weighted by Crippen LogP contribution is -2.21. The van der Waals surface area contributed by atoms with Gasteiger partial charge >= 0.3 is 5.97 Å². The van der Waals surface area contributed by atoms with Gasteiger partial charge in [-0.3, -0.25) is 9.59 Å². The van der Waals surface area contributed by atoms with Crippen LogP contribution in [0.1, 0.15) is 0 Å². The first-order chi connectivity index (χ1) is 7.99. The number of rotatable bonds is 6. The van der Waals surface area contributed by atoms with Crippen molar-refractivity contribution in [1.82, 2.24) is 14.5 Å². The Hall–Kier alpha value is -1.34. The molecule has 6 nitrogen and oxygen atoms in total. The van der Waals surface area contributed by atoms with E-state index in [1.165, 1.54) is 6.07 Å². The fraction of sp³-hybridized carbons (Fsp3) is 0.500. The molecule has 7 heteroatoms. The van der Waals surface area contributed by atoms with Crippen LogP contribution < -0.4 is 5.56 Å². The Balaban J connectivity index is 2.79. The zero-order valence-electron chi connectivity index (χ0n) is 9.79. The first-order valence-corrected chi connectivity index (χ1v) is 6.04. The minimum atomic E-state index is -0.924. The Morgan fingerprint density at radius 2 is 2.29 bits per heavy atom. The third-order valence-electron chi connectivity index (χ3n) is 1.96. The number of likely N-dealkylation sites (N-methyl/N-ethyl adjacent to an activating group) is 1. The van der Waals surface area contributed by atoms with Crippen molar-refractivity contribution in [2.24, 2.45) is 0 Å². The first-order valence-electron chi connectivity index (χ1n) is 5.06. The van der Waals surface area contributed by atoms with Gasteiger partial charge in [-0.25, -0.2) is 0 Å². The molecule has 0 aromatic carbocycles. The van der Waals surface area contributed by atoms with Gasteiger partial charge in [0.2, 0.25) is 0 Å². The summed E-state index contributed by atoms with van der Waals surface area (Å²) in [6.07, 6.45) is 1.64. The maximum Gasteiger partial charge on any atom is 0.313 e. The largest absolute Gasteiger partial charge is 0.481 e. The molecule has 0 aliphatic rings. The summed E-state index contributed by atoms with van der Waals surface area (Å²) in [7, 11) is 3.89. The van der Waals surface area contributed by atoms with Gasteiger partial charge in [0.05, 0.1) is 5.75 Å². The fourth-order valence-electron chi connectivity index (χ4n) is 1.13. The molecule has 0 unspecified atom stereocenters. The summed E-state index contributed by atoms with van der Waals surface area (Å²) in [5.41, 5.74) is -0.348. The molecule has 1 aromatic heterocycles. The highest BCUT2D eigenvalue weighted by molar-refractivity contribution is 7.99. The van der Waals surface area contributed by atoms with Crippen LogP contribution in [0.5, 0.6) is 0 Å². The molecular weight excluding hydrogens is 242 g/mol. The highest BCUT2D eigenvalue weighted by Gasteiger charge is 2.06. The standard InChI is InChI=1S/C10H15N3O3S/c1-12(2)5-6-13-4-3-8(14)11-10(13)17-7-9(15)16/h3-4H,5-7H2,1-2H3,(H,15,16). The van der Waals surface area contributed by atoms with Crippen molar-refractivity contribution in [2.75, 3.05) is 26.4 Å². The zero-order valence-corrected chi connectivity index (χ0v) is 10.6. The fourth-order valence-corrected chi connectivity index (χ4v) is 1.86. The summed E-state index contributed by atoms with van der Waals surface area (Å²) in [6.45, 7) is 1.47. The van der Waals surface area contributed by atoms with Gasteiger partial charge in [0.1, 0.15) is 0 Å². The molecule has 17 heavy (non-hydrogen) atoms. The molecule has 1 N–H and O–H groups in total. The molecule has 0 saturated carbocycles. The molecule has 0 atom stereocenters. The molecule has 0 saturated heterocycles. The number of carboxylic acids is 1. The minimum Gasteiger partial charge on any atom is -0.481 e. The molecule has 0 spiro atoms. The lowest BCUT2D eigenvalue weighted by atomic mass is 10.5. The van der Waals surface area contributed by atoms with Gasteiger partial charge in [-0.05, 0) is 14.1 Å².